The Morgan fingerprint density at radius 1 is 1.05 bits per heavy atom. The highest BCUT2D eigenvalue weighted by atomic mass is 16.5. The van der Waals surface area contributed by atoms with Gasteiger partial charge >= 0.3 is 5.97 Å². The smallest absolute Gasteiger partial charge is 0.308 e. The van der Waals surface area contributed by atoms with Crippen molar-refractivity contribution in [1.29, 1.82) is 0 Å². The maximum Gasteiger partial charge on any atom is 0.308 e. The summed E-state index contributed by atoms with van der Waals surface area (Å²) in [7, 11) is 0. The first-order valence-electron chi connectivity index (χ1n) is 8.78. The lowest BCUT2D eigenvalue weighted by Crippen LogP contribution is -2.41. The normalized spacial score (nSPS) is 22.4. The predicted molar refractivity (Wildman–Crippen MR) is 88.6 cm³/mol. The second-order valence-electron chi connectivity index (χ2n) is 7.18. The van der Waals surface area contributed by atoms with Crippen molar-refractivity contribution >= 4 is 11.8 Å². The lowest BCUT2D eigenvalue weighted by atomic mass is 9.80. The Balaban J connectivity index is 2.46. The third-order valence-electron chi connectivity index (χ3n) is 4.49. The zero-order chi connectivity index (χ0) is 16.7. The molecule has 1 fully saturated rings. The molecule has 0 aromatic heterocycles. The van der Waals surface area contributed by atoms with E-state index in [4.69, 9.17) is 4.74 Å². The summed E-state index contributed by atoms with van der Waals surface area (Å²) >= 11 is 0. The average molecular weight is 311 g/mol. The molecule has 0 aromatic rings. The summed E-state index contributed by atoms with van der Waals surface area (Å²) in [6.45, 7) is 12.4. The zero-order valence-corrected chi connectivity index (χ0v) is 14.9. The summed E-state index contributed by atoms with van der Waals surface area (Å²) in [6, 6.07) is 0.391. The maximum atomic E-state index is 12.5. The van der Waals surface area contributed by atoms with Crippen molar-refractivity contribution < 1.29 is 14.3 Å². The van der Waals surface area contributed by atoms with Crippen LogP contribution >= 0.6 is 0 Å². The van der Waals surface area contributed by atoms with Gasteiger partial charge in [0.25, 0.3) is 0 Å². The van der Waals surface area contributed by atoms with Gasteiger partial charge in [0.05, 0.1) is 19.1 Å². The fourth-order valence-corrected chi connectivity index (χ4v) is 3.17. The van der Waals surface area contributed by atoms with Crippen molar-refractivity contribution in [2.24, 2.45) is 17.8 Å². The van der Waals surface area contributed by atoms with Crippen molar-refractivity contribution in [3.63, 3.8) is 0 Å². The monoisotopic (exact) mass is 311 g/mol. The van der Waals surface area contributed by atoms with Crippen LogP contribution in [0.1, 0.15) is 60.3 Å². The van der Waals surface area contributed by atoms with Gasteiger partial charge in [0.1, 0.15) is 5.78 Å². The van der Waals surface area contributed by atoms with E-state index in [1.54, 1.807) is 0 Å². The predicted octanol–water partition coefficient (Wildman–Crippen LogP) is 3.29. The Labute approximate surface area is 135 Å². The molecular weight excluding hydrogens is 278 g/mol. The van der Waals surface area contributed by atoms with Gasteiger partial charge in [-0.3, -0.25) is 14.5 Å². The number of ether oxygens (including phenoxy) is 1. The van der Waals surface area contributed by atoms with Gasteiger partial charge in [-0.1, -0.05) is 13.8 Å². The van der Waals surface area contributed by atoms with Crippen LogP contribution < -0.4 is 0 Å². The fourth-order valence-electron chi connectivity index (χ4n) is 3.17. The molecule has 4 nitrogen and oxygen atoms in total. The van der Waals surface area contributed by atoms with E-state index in [1.165, 1.54) is 0 Å². The number of esters is 1. The fraction of sp³-hybridized carbons (Fsp3) is 0.889. The van der Waals surface area contributed by atoms with Crippen molar-refractivity contribution in [3.05, 3.63) is 0 Å². The van der Waals surface area contributed by atoms with Gasteiger partial charge in [0.2, 0.25) is 0 Å². The molecule has 1 saturated carbocycles. The number of ketones is 1. The summed E-state index contributed by atoms with van der Waals surface area (Å²) < 4.78 is 5.08. The number of carbonyl (C=O) groups excluding carboxylic acids is 2. The van der Waals surface area contributed by atoms with Gasteiger partial charge in [-0.05, 0) is 52.4 Å². The van der Waals surface area contributed by atoms with Crippen LogP contribution in [0.4, 0.5) is 0 Å². The summed E-state index contributed by atoms with van der Waals surface area (Å²) in [5.41, 5.74) is 0. The number of carbonyl (C=O) groups is 2. The van der Waals surface area contributed by atoms with E-state index >= 15 is 0 Å². The number of Topliss-reactive ketones (excluding diaryl/α,β-unsaturated/α-hetero) is 1. The summed E-state index contributed by atoms with van der Waals surface area (Å²) in [5, 5.41) is 0. The second-order valence-corrected chi connectivity index (χ2v) is 7.18. The van der Waals surface area contributed by atoms with E-state index in [1.807, 2.05) is 6.92 Å². The van der Waals surface area contributed by atoms with Crippen LogP contribution in [-0.2, 0) is 14.3 Å². The van der Waals surface area contributed by atoms with Crippen LogP contribution in [0.3, 0.4) is 0 Å². The summed E-state index contributed by atoms with van der Waals surface area (Å²) in [6.07, 6.45) is 3.24. The molecule has 1 aliphatic carbocycles. The van der Waals surface area contributed by atoms with Crippen LogP contribution in [-0.4, -0.2) is 42.4 Å². The third kappa shape index (κ3) is 6.07. The van der Waals surface area contributed by atoms with Gasteiger partial charge in [-0.15, -0.1) is 0 Å². The Hall–Kier alpha value is -0.900. The number of rotatable bonds is 8. The zero-order valence-electron chi connectivity index (χ0n) is 14.9. The quantitative estimate of drug-likeness (QED) is 0.645. The lowest BCUT2D eigenvalue weighted by Gasteiger charge is -2.31. The lowest BCUT2D eigenvalue weighted by molar-refractivity contribution is -0.150. The SMILES string of the molecule is CCOC(=O)C1CCC(C(=O)CN(CC(C)C)C(C)C)CC1. The van der Waals surface area contributed by atoms with Crippen LogP contribution in [0.25, 0.3) is 0 Å². The van der Waals surface area contributed by atoms with Crippen LogP contribution in [0.2, 0.25) is 0 Å². The molecule has 4 heteroatoms. The van der Waals surface area contributed by atoms with Crippen LogP contribution in [0.5, 0.6) is 0 Å². The minimum atomic E-state index is -0.0861. The van der Waals surface area contributed by atoms with Gasteiger partial charge in [0.15, 0.2) is 0 Å². The van der Waals surface area contributed by atoms with Gasteiger partial charge < -0.3 is 4.74 Å². The molecular formula is C18H33NO3. The molecule has 0 heterocycles. The van der Waals surface area contributed by atoms with Crippen molar-refractivity contribution in [2.45, 2.75) is 66.3 Å². The molecule has 0 atom stereocenters. The highest BCUT2D eigenvalue weighted by molar-refractivity contribution is 5.83. The summed E-state index contributed by atoms with van der Waals surface area (Å²) in [5.74, 6) is 0.948. The van der Waals surface area contributed by atoms with Crippen molar-refractivity contribution in [2.75, 3.05) is 19.7 Å². The van der Waals surface area contributed by atoms with Gasteiger partial charge in [-0.25, -0.2) is 0 Å². The minimum Gasteiger partial charge on any atom is -0.466 e. The van der Waals surface area contributed by atoms with Crippen molar-refractivity contribution in [3.8, 4) is 0 Å². The largest absolute Gasteiger partial charge is 0.466 e. The number of nitrogens with zero attached hydrogens (tertiary/aromatic N) is 1. The Bertz CT molecular complexity index is 357. The van der Waals surface area contributed by atoms with E-state index in [0.717, 1.165) is 32.2 Å². The van der Waals surface area contributed by atoms with Crippen LogP contribution in [0.15, 0.2) is 0 Å². The molecule has 128 valence electrons. The van der Waals surface area contributed by atoms with Crippen LogP contribution in [0, 0.1) is 17.8 Å². The van der Waals surface area contributed by atoms with Gasteiger partial charge in [0, 0.05) is 18.5 Å². The van der Waals surface area contributed by atoms with E-state index in [2.05, 4.69) is 32.6 Å². The molecule has 0 aromatic carbocycles. The topological polar surface area (TPSA) is 46.6 Å². The first kappa shape index (κ1) is 19.1. The first-order valence-corrected chi connectivity index (χ1v) is 8.78. The third-order valence-corrected chi connectivity index (χ3v) is 4.49. The molecule has 1 rings (SSSR count). The molecule has 0 unspecified atom stereocenters. The molecule has 0 saturated heterocycles. The number of hydrogen-bond acceptors (Lipinski definition) is 4. The molecule has 0 N–H and O–H groups in total. The van der Waals surface area contributed by atoms with Crippen molar-refractivity contribution in [1.82, 2.24) is 4.90 Å². The molecule has 22 heavy (non-hydrogen) atoms. The standard InChI is InChI=1S/C18H33NO3/c1-6-22-18(21)16-9-7-15(8-10-16)17(20)12-19(14(4)5)11-13(2)3/h13-16H,6-12H2,1-5H3. The summed E-state index contributed by atoms with van der Waals surface area (Å²) in [4.78, 5) is 26.6. The molecule has 1 aliphatic rings. The molecule has 0 aliphatic heterocycles. The van der Waals surface area contributed by atoms with E-state index in [0.29, 0.717) is 30.9 Å². The first-order chi connectivity index (χ1) is 10.3. The van der Waals surface area contributed by atoms with E-state index in [-0.39, 0.29) is 17.8 Å². The molecule has 0 spiro atoms. The highest BCUT2D eigenvalue weighted by Gasteiger charge is 2.31. The minimum absolute atomic E-state index is 0.000802. The molecule has 0 bridgehead atoms. The van der Waals surface area contributed by atoms with E-state index < -0.39 is 0 Å². The molecule has 0 radical (unpaired) electrons. The Morgan fingerprint density at radius 3 is 2.05 bits per heavy atom. The highest BCUT2D eigenvalue weighted by Crippen LogP contribution is 2.30. The second kappa shape index (κ2) is 9.29. The Kier molecular flexibility index (Phi) is 8.08. The van der Waals surface area contributed by atoms with Gasteiger partial charge in [-0.2, -0.15) is 0 Å². The number of hydrogen-bond donors (Lipinski definition) is 0. The molecule has 0 amide bonds. The maximum absolute atomic E-state index is 12.5. The Morgan fingerprint density at radius 2 is 1.59 bits per heavy atom. The van der Waals surface area contributed by atoms with E-state index in [9.17, 15) is 9.59 Å². The average Bonchev–Trinajstić information content (AvgIpc) is 2.46.